The first-order chi connectivity index (χ1) is 16.5. The molecule has 3 aromatic rings. The Balaban J connectivity index is 1.87. The maximum atomic E-state index is 12.3. The summed E-state index contributed by atoms with van der Waals surface area (Å²) in [5, 5.41) is 13.4. The highest BCUT2D eigenvalue weighted by Gasteiger charge is 2.16. The largest absolute Gasteiger partial charge is 0.481 e. The van der Waals surface area contributed by atoms with E-state index < -0.39 is 5.97 Å². The predicted molar refractivity (Wildman–Crippen MR) is 139 cm³/mol. The Morgan fingerprint density at radius 1 is 1.03 bits per heavy atom. The molecule has 3 rings (SSSR count). The van der Waals surface area contributed by atoms with Gasteiger partial charge in [0, 0.05) is 22.9 Å². The Labute approximate surface area is 205 Å². The van der Waals surface area contributed by atoms with Gasteiger partial charge < -0.3 is 10.4 Å². The monoisotopic (exact) mass is 474 g/mol. The molecule has 5 nitrogen and oxygen atoms in total. The zero-order valence-electron chi connectivity index (χ0n) is 19.6. The molecule has 2 N–H and O–H groups in total. The molecule has 1 atom stereocenters. The van der Waals surface area contributed by atoms with E-state index in [0.717, 1.165) is 51.9 Å². The van der Waals surface area contributed by atoms with Crippen LogP contribution in [0.25, 0.3) is 15.6 Å². The number of fused-ring (bicyclic) bond motifs is 1. The van der Waals surface area contributed by atoms with Gasteiger partial charge in [-0.05, 0) is 52.6 Å². The fourth-order valence-electron chi connectivity index (χ4n) is 4.04. The summed E-state index contributed by atoms with van der Waals surface area (Å²) >= 11 is 1.74. The topological polar surface area (TPSA) is 70.8 Å². The number of carbonyl (C=O) groups excluding carboxylic acids is 1. The van der Waals surface area contributed by atoms with E-state index >= 15 is 0 Å². The Hall–Kier alpha value is -3.30. The summed E-state index contributed by atoms with van der Waals surface area (Å²) in [5.41, 5.74) is 3.57. The number of hydrogen-bond acceptors (Lipinski definition) is 3. The summed E-state index contributed by atoms with van der Waals surface area (Å²) in [4.78, 5) is 27.8. The SMILES string of the molecule is [C-]#[N+]c1c(SCCC)ccc2cc(C(CCC)c3ccc(C(=O)NCCC(=O)O)cc3)ccc12. The lowest BCUT2D eigenvalue weighted by atomic mass is 9.86. The number of rotatable bonds is 11. The van der Waals surface area contributed by atoms with E-state index in [0.29, 0.717) is 5.56 Å². The Kier molecular flexibility index (Phi) is 9.12. The van der Waals surface area contributed by atoms with Gasteiger partial charge in [0.05, 0.1) is 13.0 Å². The lowest BCUT2D eigenvalue weighted by molar-refractivity contribution is -0.136. The minimum atomic E-state index is -0.937. The van der Waals surface area contributed by atoms with E-state index in [9.17, 15) is 9.59 Å². The predicted octanol–water partition coefficient (Wildman–Crippen LogP) is 7.03. The molecule has 0 aliphatic heterocycles. The standard InChI is InChI=1S/C28H30N2O3S/c1-4-6-23(19-7-9-20(10-8-19)28(33)30-16-15-26(31)32)21-11-13-24-22(18-21)12-14-25(27(24)29-3)34-17-5-2/h7-14,18,23H,4-6,15-17H2,1-2H3,(H,30,33)(H,31,32). The van der Waals surface area contributed by atoms with Crippen molar-refractivity contribution in [1.29, 1.82) is 0 Å². The molecule has 0 aromatic heterocycles. The van der Waals surface area contributed by atoms with Crippen LogP contribution in [0.3, 0.4) is 0 Å². The number of nitrogens with zero attached hydrogens (tertiary/aromatic N) is 1. The van der Waals surface area contributed by atoms with Crippen LogP contribution in [0.15, 0.2) is 59.5 Å². The molecular weight excluding hydrogens is 444 g/mol. The molecule has 0 aliphatic carbocycles. The minimum Gasteiger partial charge on any atom is -0.481 e. The number of thioether (sulfide) groups is 1. The molecule has 0 heterocycles. The van der Waals surface area contributed by atoms with Crippen LogP contribution in [0.2, 0.25) is 0 Å². The number of carboxylic acids is 1. The quantitative estimate of drug-likeness (QED) is 0.231. The Morgan fingerprint density at radius 3 is 2.41 bits per heavy atom. The number of hydrogen-bond donors (Lipinski definition) is 2. The van der Waals surface area contributed by atoms with Gasteiger partial charge in [0.1, 0.15) is 0 Å². The van der Waals surface area contributed by atoms with Gasteiger partial charge in [0.25, 0.3) is 5.91 Å². The highest BCUT2D eigenvalue weighted by molar-refractivity contribution is 7.99. The van der Waals surface area contributed by atoms with Gasteiger partial charge in [-0.1, -0.05) is 62.7 Å². The number of nitrogens with one attached hydrogen (secondary N) is 1. The molecule has 0 saturated carbocycles. The van der Waals surface area contributed by atoms with Crippen LogP contribution in [0, 0.1) is 6.57 Å². The van der Waals surface area contributed by atoms with Gasteiger partial charge in [-0.25, -0.2) is 4.85 Å². The third-order valence-corrected chi connectivity index (χ3v) is 6.98. The molecule has 0 radical (unpaired) electrons. The van der Waals surface area contributed by atoms with Gasteiger partial charge in [-0.2, -0.15) is 0 Å². The van der Waals surface area contributed by atoms with Crippen LogP contribution in [0.5, 0.6) is 0 Å². The molecule has 6 heteroatoms. The van der Waals surface area contributed by atoms with Crippen molar-refractivity contribution in [1.82, 2.24) is 5.32 Å². The van der Waals surface area contributed by atoms with Crippen molar-refractivity contribution in [3.8, 4) is 0 Å². The first-order valence-corrected chi connectivity index (χ1v) is 12.6. The van der Waals surface area contributed by atoms with E-state index in [2.05, 4.69) is 54.3 Å². The molecule has 34 heavy (non-hydrogen) atoms. The molecule has 176 valence electrons. The van der Waals surface area contributed by atoms with E-state index in [1.807, 2.05) is 12.1 Å². The van der Waals surface area contributed by atoms with Crippen molar-refractivity contribution in [2.45, 2.75) is 50.3 Å². The Morgan fingerprint density at radius 2 is 1.76 bits per heavy atom. The first kappa shape index (κ1) is 25.3. The highest BCUT2D eigenvalue weighted by atomic mass is 32.2. The molecule has 0 saturated heterocycles. The minimum absolute atomic E-state index is 0.0989. The second-order valence-electron chi connectivity index (χ2n) is 8.22. The molecule has 0 fully saturated rings. The van der Waals surface area contributed by atoms with Gasteiger partial charge >= 0.3 is 5.97 Å². The van der Waals surface area contributed by atoms with Crippen LogP contribution >= 0.6 is 11.8 Å². The third kappa shape index (κ3) is 6.18. The summed E-state index contributed by atoms with van der Waals surface area (Å²) in [6.45, 7) is 12.1. The smallest absolute Gasteiger partial charge is 0.305 e. The summed E-state index contributed by atoms with van der Waals surface area (Å²) < 4.78 is 0. The third-order valence-electron chi connectivity index (χ3n) is 5.73. The van der Waals surface area contributed by atoms with Crippen LogP contribution in [-0.4, -0.2) is 29.3 Å². The number of carbonyl (C=O) groups is 2. The summed E-state index contributed by atoms with van der Waals surface area (Å²) in [7, 11) is 0. The lowest BCUT2D eigenvalue weighted by Gasteiger charge is -2.19. The molecular formula is C28H30N2O3S. The van der Waals surface area contributed by atoms with Gasteiger partial charge in [-0.15, -0.1) is 11.8 Å². The van der Waals surface area contributed by atoms with Crippen LogP contribution < -0.4 is 5.32 Å². The molecule has 3 aromatic carbocycles. The Bertz CT molecular complexity index is 1200. The zero-order chi connectivity index (χ0) is 24.5. The highest BCUT2D eigenvalue weighted by Crippen LogP contribution is 2.39. The second kappa shape index (κ2) is 12.2. The zero-order valence-corrected chi connectivity index (χ0v) is 20.5. The maximum Gasteiger partial charge on any atom is 0.305 e. The molecule has 1 unspecified atom stereocenters. The van der Waals surface area contributed by atoms with Crippen molar-refractivity contribution < 1.29 is 14.7 Å². The number of benzene rings is 3. The summed E-state index contributed by atoms with van der Waals surface area (Å²) in [5.74, 6) is -0.0240. The fraction of sp³-hybridized carbons (Fsp3) is 0.321. The normalized spacial score (nSPS) is 11.7. The fourth-order valence-corrected chi connectivity index (χ4v) is 4.92. The molecule has 0 aliphatic rings. The summed E-state index contributed by atoms with van der Waals surface area (Å²) in [6.07, 6.45) is 2.95. The van der Waals surface area contributed by atoms with Gasteiger partial charge in [0.2, 0.25) is 5.69 Å². The van der Waals surface area contributed by atoms with Crippen molar-refractivity contribution in [3.05, 3.63) is 82.7 Å². The maximum absolute atomic E-state index is 12.3. The van der Waals surface area contributed by atoms with E-state index in [-0.39, 0.29) is 24.8 Å². The second-order valence-corrected chi connectivity index (χ2v) is 9.35. The number of aliphatic carboxylic acids is 1. The lowest BCUT2D eigenvalue weighted by Crippen LogP contribution is -2.25. The van der Waals surface area contributed by atoms with Crippen LogP contribution in [0.1, 0.15) is 66.9 Å². The first-order valence-electron chi connectivity index (χ1n) is 11.6. The van der Waals surface area contributed by atoms with Crippen molar-refractivity contribution in [2.75, 3.05) is 12.3 Å². The summed E-state index contributed by atoms with van der Waals surface area (Å²) in [6, 6.07) is 18.1. The average molecular weight is 475 g/mol. The van der Waals surface area contributed by atoms with Crippen molar-refractivity contribution in [2.24, 2.45) is 0 Å². The van der Waals surface area contributed by atoms with Crippen molar-refractivity contribution >= 4 is 40.1 Å². The number of amides is 1. The van der Waals surface area contributed by atoms with Gasteiger partial charge in [-0.3, -0.25) is 9.59 Å². The van der Waals surface area contributed by atoms with E-state index in [1.165, 1.54) is 5.56 Å². The molecule has 1 amide bonds. The van der Waals surface area contributed by atoms with Crippen LogP contribution in [0.4, 0.5) is 5.69 Å². The molecule has 0 spiro atoms. The molecule has 0 bridgehead atoms. The average Bonchev–Trinajstić information content (AvgIpc) is 2.85. The number of carboxylic acid groups (broad SMARTS) is 1. The van der Waals surface area contributed by atoms with Crippen molar-refractivity contribution in [3.63, 3.8) is 0 Å². The van der Waals surface area contributed by atoms with Crippen LogP contribution in [-0.2, 0) is 4.79 Å². The van der Waals surface area contributed by atoms with E-state index in [1.54, 1.807) is 23.9 Å². The van der Waals surface area contributed by atoms with Gasteiger partial charge in [0.15, 0.2) is 0 Å². The van der Waals surface area contributed by atoms with E-state index in [4.69, 9.17) is 11.7 Å².